The molecule has 0 fully saturated rings. The number of benzene rings is 1. The second kappa shape index (κ2) is 7.38. The summed E-state index contributed by atoms with van der Waals surface area (Å²) < 4.78 is 10.8. The monoisotopic (exact) mass is 405 g/mol. The Bertz CT molecular complexity index is 969. The van der Waals surface area contributed by atoms with Crippen molar-refractivity contribution in [2.45, 2.75) is 12.5 Å². The standard InChI is InChI=1S/C19H17Cl2N3O3/c1-26-8-3-7-24-18(14-4-2-9-27-14)15-16(22-23-17(15)19(24)25)12-6-5-11(20)10-13(12)21/h2,4-6,9-10,18H,3,7-8H2,1H3,(H,22,23). The Balaban J connectivity index is 1.81. The number of carbonyl (C=O) groups excluding carboxylic acids is 1. The second-order valence-corrected chi connectivity index (χ2v) is 7.09. The van der Waals surface area contributed by atoms with Crippen molar-refractivity contribution in [3.63, 3.8) is 0 Å². The van der Waals surface area contributed by atoms with Gasteiger partial charge in [-0.2, -0.15) is 5.10 Å². The third kappa shape index (κ3) is 3.14. The van der Waals surface area contributed by atoms with Crippen molar-refractivity contribution < 1.29 is 13.9 Å². The maximum absolute atomic E-state index is 13.0. The summed E-state index contributed by atoms with van der Waals surface area (Å²) in [5, 5.41) is 8.27. The van der Waals surface area contributed by atoms with Crippen LogP contribution in [0.15, 0.2) is 41.0 Å². The number of halogens is 2. The first-order valence-corrected chi connectivity index (χ1v) is 9.24. The number of amides is 1. The topological polar surface area (TPSA) is 71.4 Å². The highest BCUT2D eigenvalue weighted by Crippen LogP contribution is 2.44. The highest BCUT2D eigenvalue weighted by atomic mass is 35.5. The number of methoxy groups -OCH3 is 1. The summed E-state index contributed by atoms with van der Waals surface area (Å²) in [6.45, 7) is 1.10. The van der Waals surface area contributed by atoms with Crippen LogP contribution >= 0.6 is 23.2 Å². The van der Waals surface area contributed by atoms with Gasteiger partial charge in [0.2, 0.25) is 0 Å². The van der Waals surface area contributed by atoms with Crippen LogP contribution in [0.2, 0.25) is 10.0 Å². The Morgan fingerprint density at radius 2 is 2.19 bits per heavy atom. The Morgan fingerprint density at radius 3 is 2.89 bits per heavy atom. The fourth-order valence-corrected chi connectivity index (χ4v) is 3.93. The molecular formula is C19H17Cl2N3O3. The summed E-state index contributed by atoms with van der Waals surface area (Å²) in [6, 6.07) is 8.50. The third-order valence-electron chi connectivity index (χ3n) is 4.61. The molecule has 1 atom stereocenters. The zero-order valence-corrected chi connectivity index (χ0v) is 16.0. The highest BCUT2D eigenvalue weighted by molar-refractivity contribution is 6.36. The molecule has 0 saturated carbocycles. The summed E-state index contributed by atoms with van der Waals surface area (Å²) in [5.41, 5.74) is 2.55. The Morgan fingerprint density at radius 1 is 1.33 bits per heavy atom. The number of ether oxygens (including phenoxy) is 1. The number of H-pyrrole nitrogens is 1. The minimum absolute atomic E-state index is 0.119. The molecule has 3 heterocycles. The minimum atomic E-state index is -0.375. The van der Waals surface area contributed by atoms with Gasteiger partial charge < -0.3 is 14.1 Å². The van der Waals surface area contributed by atoms with Gasteiger partial charge >= 0.3 is 0 Å². The van der Waals surface area contributed by atoms with Crippen molar-refractivity contribution in [3.05, 3.63) is 63.7 Å². The van der Waals surface area contributed by atoms with Crippen molar-refractivity contribution in [1.82, 2.24) is 15.1 Å². The van der Waals surface area contributed by atoms with Crippen LogP contribution in [0.5, 0.6) is 0 Å². The molecule has 0 spiro atoms. The van der Waals surface area contributed by atoms with Crippen molar-refractivity contribution in [2.24, 2.45) is 0 Å². The minimum Gasteiger partial charge on any atom is -0.467 e. The first-order valence-electron chi connectivity index (χ1n) is 8.48. The van der Waals surface area contributed by atoms with Crippen molar-refractivity contribution in [2.75, 3.05) is 20.3 Å². The molecule has 1 amide bonds. The van der Waals surface area contributed by atoms with Gasteiger partial charge in [-0.1, -0.05) is 23.2 Å². The number of aromatic amines is 1. The average Bonchev–Trinajstić information content (AvgIpc) is 3.35. The Labute approximate surface area is 166 Å². The van der Waals surface area contributed by atoms with E-state index in [1.165, 1.54) is 0 Å². The molecule has 0 aliphatic carbocycles. The number of hydrogen-bond acceptors (Lipinski definition) is 4. The number of rotatable bonds is 6. The van der Waals surface area contributed by atoms with E-state index in [-0.39, 0.29) is 11.9 Å². The molecule has 1 aromatic carbocycles. The molecule has 8 heteroatoms. The van der Waals surface area contributed by atoms with E-state index in [0.29, 0.717) is 52.3 Å². The number of carbonyl (C=O) groups is 1. The quantitative estimate of drug-likeness (QED) is 0.610. The van der Waals surface area contributed by atoms with Gasteiger partial charge in [0.1, 0.15) is 23.2 Å². The van der Waals surface area contributed by atoms with E-state index in [2.05, 4.69) is 10.2 Å². The van der Waals surface area contributed by atoms with Crippen LogP contribution in [-0.4, -0.2) is 41.3 Å². The van der Waals surface area contributed by atoms with Crippen LogP contribution in [0.3, 0.4) is 0 Å². The molecule has 0 bridgehead atoms. The van der Waals surface area contributed by atoms with Crippen LogP contribution in [0.1, 0.15) is 34.3 Å². The average molecular weight is 406 g/mol. The van der Waals surface area contributed by atoms with Gasteiger partial charge in [-0.15, -0.1) is 0 Å². The molecular weight excluding hydrogens is 389 g/mol. The number of aromatic nitrogens is 2. The number of fused-ring (bicyclic) bond motifs is 1. The number of furan rings is 1. The third-order valence-corrected chi connectivity index (χ3v) is 5.16. The number of nitrogens with one attached hydrogen (secondary N) is 1. The van der Waals surface area contributed by atoms with Gasteiger partial charge in [-0.3, -0.25) is 9.89 Å². The van der Waals surface area contributed by atoms with Gasteiger partial charge in [-0.05, 0) is 36.8 Å². The summed E-state index contributed by atoms with van der Waals surface area (Å²) in [4.78, 5) is 14.8. The summed E-state index contributed by atoms with van der Waals surface area (Å²) >= 11 is 12.4. The molecule has 27 heavy (non-hydrogen) atoms. The summed E-state index contributed by atoms with van der Waals surface area (Å²) in [5.74, 6) is 0.554. The lowest BCUT2D eigenvalue weighted by atomic mass is 10.00. The van der Waals surface area contributed by atoms with E-state index in [4.69, 9.17) is 32.4 Å². The molecule has 3 aromatic rings. The highest BCUT2D eigenvalue weighted by Gasteiger charge is 2.43. The zero-order valence-electron chi connectivity index (χ0n) is 14.5. The lowest BCUT2D eigenvalue weighted by Crippen LogP contribution is -2.31. The molecule has 0 saturated heterocycles. The fourth-order valence-electron chi connectivity index (χ4n) is 3.44. The van der Waals surface area contributed by atoms with E-state index in [1.807, 2.05) is 6.07 Å². The van der Waals surface area contributed by atoms with Crippen molar-refractivity contribution >= 4 is 29.1 Å². The van der Waals surface area contributed by atoms with Gasteiger partial charge in [0.25, 0.3) is 5.91 Å². The molecule has 0 radical (unpaired) electrons. The molecule has 140 valence electrons. The largest absolute Gasteiger partial charge is 0.467 e. The predicted molar refractivity (Wildman–Crippen MR) is 102 cm³/mol. The molecule has 1 unspecified atom stereocenters. The maximum Gasteiger partial charge on any atom is 0.273 e. The lowest BCUT2D eigenvalue weighted by Gasteiger charge is -2.24. The van der Waals surface area contributed by atoms with Gasteiger partial charge in [0, 0.05) is 36.4 Å². The van der Waals surface area contributed by atoms with Crippen molar-refractivity contribution in [3.8, 4) is 11.3 Å². The maximum atomic E-state index is 13.0. The molecule has 1 N–H and O–H groups in total. The lowest BCUT2D eigenvalue weighted by molar-refractivity contribution is 0.0708. The fraction of sp³-hybridized carbons (Fsp3) is 0.263. The van der Waals surface area contributed by atoms with E-state index in [1.54, 1.807) is 42.5 Å². The molecule has 2 aromatic heterocycles. The van der Waals surface area contributed by atoms with Crippen LogP contribution < -0.4 is 0 Å². The SMILES string of the molecule is COCCCN1C(=O)c2[nH]nc(-c3ccc(Cl)cc3Cl)c2C1c1ccco1. The zero-order chi connectivity index (χ0) is 19.0. The molecule has 4 rings (SSSR count). The first-order chi connectivity index (χ1) is 13.1. The van der Waals surface area contributed by atoms with Crippen LogP contribution in [0.4, 0.5) is 0 Å². The molecule has 1 aliphatic rings. The van der Waals surface area contributed by atoms with Crippen LogP contribution in [0, 0.1) is 0 Å². The summed E-state index contributed by atoms with van der Waals surface area (Å²) in [7, 11) is 1.64. The Kier molecular flexibility index (Phi) is 4.95. The van der Waals surface area contributed by atoms with E-state index in [9.17, 15) is 4.79 Å². The Hall–Kier alpha value is -2.28. The second-order valence-electron chi connectivity index (χ2n) is 6.25. The number of hydrogen-bond donors (Lipinski definition) is 1. The number of nitrogens with zero attached hydrogens (tertiary/aromatic N) is 2. The van der Waals surface area contributed by atoms with Crippen molar-refractivity contribution in [1.29, 1.82) is 0 Å². The molecule has 1 aliphatic heterocycles. The van der Waals surface area contributed by atoms with E-state index < -0.39 is 0 Å². The first kappa shape index (κ1) is 18.1. The van der Waals surface area contributed by atoms with E-state index >= 15 is 0 Å². The normalized spacial score (nSPS) is 16.2. The van der Waals surface area contributed by atoms with Gasteiger partial charge in [-0.25, -0.2) is 0 Å². The van der Waals surface area contributed by atoms with E-state index in [0.717, 1.165) is 5.56 Å². The predicted octanol–water partition coefficient (Wildman–Crippen LogP) is 4.56. The van der Waals surface area contributed by atoms with Crippen LogP contribution in [-0.2, 0) is 4.74 Å². The van der Waals surface area contributed by atoms with Gasteiger partial charge in [0.15, 0.2) is 0 Å². The van der Waals surface area contributed by atoms with Gasteiger partial charge in [0.05, 0.1) is 11.3 Å². The van der Waals surface area contributed by atoms with Crippen LogP contribution in [0.25, 0.3) is 11.3 Å². The molecule has 6 nitrogen and oxygen atoms in total. The summed E-state index contributed by atoms with van der Waals surface area (Å²) in [6.07, 6.45) is 2.31. The smallest absolute Gasteiger partial charge is 0.273 e.